The minimum absolute atomic E-state index is 0. The first-order valence-corrected chi connectivity index (χ1v) is 8.49. The van der Waals surface area contributed by atoms with Crippen molar-refractivity contribution in [3.8, 4) is 0 Å². The van der Waals surface area contributed by atoms with Gasteiger partial charge in [0.15, 0.2) is 5.96 Å². The van der Waals surface area contributed by atoms with Gasteiger partial charge in [0.2, 0.25) is 0 Å². The summed E-state index contributed by atoms with van der Waals surface area (Å²) in [5.74, 6) is -0.640. The van der Waals surface area contributed by atoms with E-state index in [9.17, 15) is 13.9 Å². The van der Waals surface area contributed by atoms with Gasteiger partial charge < -0.3 is 15.7 Å². The number of hydrogen-bond donors (Lipinski definition) is 3. The number of nitrogens with zero attached hydrogens (tertiary/aromatic N) is 3. The van der Waals surface area contributed by atoms with Gasteiger partial charge in [0.1, 0.15) is 17.2 Å². The molecular formula is C18H26F2IN5O. The summed E-state index contributed by atoms with van der Waals surface area (Å²) in [7, 11) is 1.78. The fourth-order valence-corrected chi connectivity index (χ4v) is 2.41. The van der Waals surface area contributed by atoms with Crippen LogP contribution < -0.4 is 10.6 Å². The van der Waals surface area contributed by atoms with Crippen molar-refractivity contribution in [1.29, 1.82) is 0 Å². The van der Waals surface area contributed by atoms with E-state index in [4.69, 9.17) is 0 Å². The van der Waals surface area contributed by atoms with Crippen LogP contribution in [0.4, 0.5) is 8.78 Å². The second-order valence-electron chi connectivity index (χ2n) is 6.28. The molecule has 2 rings (SSSR count). The third-order valence-electron chi connectivity index (χ3n) is 3.92. The standard InChI is InChI=1S/C18H25F2N5O.HI/c1-4-21-17(22-8-7-13-5-6-15(19)9-16(13)20)23-12-18(2,26)14-10-24-25(3)11-14;/h5-6,9-11,26H,4,7-8,12H2,1-3H3,(H2,21,22,23);1H. The minimum Gasteiger partial charge on any atom is -0.383 e. The van der Waals surface area contributed by atoms with Crippen molar-refractivity contribution in [3.05, 3.63) is 53.4 Å². The molecule has 6 nitrogen and oxygen atoms in total. The molecule has 1 atom stereocenters. The Morgan fingerprint density at radius 3 is 2.67 bits per heavy atom. The largest absolute Gasteiger partial charge is 0.383 e. The average molecular weight is 493 g/mol. The lowest BCUT2D eigenvalue weighted by molar-refractivity contribution is 0.0672. The van der Waals surface area contributed by atoms with Crippen LogP contribution in [-0.2, 0) is 19.1 Å². The minimum atomic E-state index is -1.15. The van der Waals surface area contributed by atoms with Gasteiger partial charge >= 0.3 is 0 Å². The van der Waals surface area contributed by atoms with E-state index in [0.29, 0.717) is 36.6 Å². The van der Waals surface area contributed by atoms with Crippen molar-refractivity contribution in [2.24, 2.45) is 12.0 Å². The monoisotopic (exact) mass is 493 g/mol. The number of aromatic nitrogens is 2. The molecule has 0 saturated carbocycles. The van der Waals surface area contributed by atoms with Crippen molar-refractivity contribution in [2.75, 3.05) is 19.6 Å². The van der Waals surface area contributed by atoms with Crippen LogP contribution in [0.25, 0.3) is 0 Å². The molecule has 0 amide bonds. The van der Waals surface area contributed by atoms with Crippen LogP contribution in [0.1, 0.15) is 25.0 Å². The zero-order chi connectivity index (χ0) is 19.2. The van der Waals surface area contributed by atoms with Gasteiger partial charge in [-0.25, -0.2) is 13.8 Å². The number of guanidine groups is 1. The second kappa shape index (κ2) is 10.5. The molecule has 1 heterocycles. The summed E-state index contributed by atoms with van der Waals surface area (Å²) in [6.45, 7) is 4.80. The smallest absolute Gasteiger partial charge is 0.191 e. The quantitative estimate of drug-likeness (QED) is 0.315. The maximum absolute atomic E-state index is 13.7. The summed E-state index contributed by atoms with van der Waals surface area (Å²) in [6.07, 6.45) is 3.73. The third-order valence-corrected chi connectivity index (χ3v) is 3.92. The molecule has 0 radical (unpaired) electrons. The highest BCUT2D eigenvalue weighted by Gasteiger charge is 2.24. The molecule has 150 valence electrons. The molecule has 0 aliphatic heterocycles. The number of rotatable bonds is 7. The fourth-order valence-electron chi connectivity index (χ4n) is 2.41. The van der Waals surface area contributed by atoms with Crippen molar-refractivity contribution in [1.82, 2.24) is 20.4 Å². The van der Waals surface area contributed by atoms with E-state index in [1.54, 1.807) is 31.0 Å². The van der Waals surface area contributed by atoms with E-state index in [1.165, 1.54) is 12.1 Å². The highest BCUT2D eigenvalue weighted by atomic mass is 127. The highest BCUT2D eigenvalue weighted by molar-refractivity contribution is 14.0. The van der Waals surface area contributed by atoms with E-state index in [-0.39, 0.29) is 30.5 Å². The Hall–Kier alpha value is -1.75. The number of halogens is 3. The average Bonchev–Trinajstić information content (AvgIpc) is 3.02. The first-order valence-electron chi connectivity index (χ1n) is 8.49. The molecule has 0 spiro atoms. The maximum Gasteiger partial charge on any atom is 0.191 e. The molecule has 0 bridgehead atoms. The molecule has 1 aromatic heterocycles. The molecule has 3 N–H and O–H groups in total. The van der Waals surface area contributed by atoms with Gasteiger partial charge in [-0.3, -0.25) is 4.68 Å². The van der Waals surface area contributed by atoms with Crippen LogP contribution in [-0.4, -0.2) is 40.5 Å². The molecule has 2 aromatic rings. The zero-order valence-corrected chi connectivity index (χ0v) is 18.0. The SMILES string of the molecule is CCNC(=NCC(C)(O)c1cnn(C)c1)NCCc1ccc(F)cc1F.I. The number of aryl methyl sites for hydroxylation is 1. The lowest BCUT2D eigenvalue weighted by Crippen LogP contribution is -2.39. The third kappa shape index (κ3) is 7.06. The van der Waals surface area contributed by atoms with Crippen molar-refractivity contribution >= 4 is 29.9 Å². The molecule has 0 aliphatic carbocycles. The number of nitrogens with one attached hydrogen (secondary N) is 2. The number of benzene rings is 1. The van der Waals surface area contributed by atoms with Gasteiger partial charge in [0.25, 0.3) is 0 Å². The van der Waals surface area contributed by atoms with Gasteiger partial charge in [-0.15, -0.1) is 24.0 Å². The van der Waals surface area contributed by atoms with Crippen LogP contribution in [0.3, 0.4) is 0 Å². The van der Waals surface area contributed by atoms with Crippen LogP contribution in [0.2, 0.25) is 0 Å². The molecule has 1 aromatic carbocycles. The Morgan fingerprint density at radius 1 is 1.33 bits per heavy atom. The molecule has 1 unspecified atom stereocenters. The summed E-state index contributed by atoms with van der Waals surface area (Å²) in [6, 6.07) is 3.55. The zero-order valence-electron chi connectivity index (χ0n) is 15.7. The van der Waals surface area contributed by atoms with E-state index in [0.717, 1.165) is 6.07 Å². The number of hydrogen-bond acceptors (Lipinski definition) is 3. The lowest BCUT2D eigenvalue weighted by atomic mass is 10.0. The van der Waals surface area contributed by atoms with Gasteiger partial charge in [0, 0.05) is 38.0 Å². The van der Waals surface area contributed by atoms with Gasteiger partial charge in [-0.1, -0.05) is 6.07 Å². The number of aliphatic imine (C=N–C) groups is 1. The summed E-state index contributed by atoms with van der Waals surface area (Å²) in [5, 5.41) is 20.8. The first kappa shape index (κ1) is 23.3. The van der Waals surface area contributed by atoms with Crippen molar-refractivity contribution in [3.63, 3.8) is 0 Å². The summed E-state index contributed by atoms with van der Waals surface area (Å²) in [4.78, 5) is 4.39. The molecular weight excluding hydrogens is 467 g/mol. The van der Waals surface area contributed by atoms with E-state index >= 15 is 0 Å². The highest BCUT2D eigenvalue weighted by Crippen LogP contribution is 2.19. The van der Waals surface area contributed by atoms with Crippen LogP contribution in [0.15, 0.2) is 35.6 Å². The second-order valence-corrected chi connectivity index (χ2v) is 6.28. The van der Waals surface area contributed by atoms with Crippen LogP contribution in [0.5, 0.6) is 0 Å². The Labute approximate surface area is 175 Å². The predicted molar refractivity (Wildman–Crippen MR) is 112 cm³/mol. The Morgan fingerprint density at radius 2 is 2.07 bits per heavy atom. The fraction of sp³-hybridized carbons (Fsp3) is 0.444. The first-order chi connectivity index (χ1) is 12.3. The van der Waals surface area contributed by atoms with Gasteiger partial charge in [-0.05, 0) is 31.9 Å². The Bertz CT molecular complexity index is 764. The lowest BCUT2D eigenvalue weighted by Gasteiger charge is -2.20. The Balaban J connectivity index is 0.00000364. The van der Waals surface area contributed by atoms with E-state index < -0.39 is 17.2 Å². The summed E-state index contributed by atoms with van der Waals surface area (Å²) >= 11 is 0. The van der Waals surface area contributed by atoms with Gasteiger partial charge in [0.05, 0.1) is 12.7 Å². The normalized spacial score (nSPS) is 13.6. The molecule has 0 saturated heterocycles. The molecule has 9 heteroatoms. The molecule has 0 aliphatic rings. The van der Waals surface area contributed by atoms with Crippen LogP contribution in [0, 0.1) is 11.6 Å². The molecule has 0 fully saturated rings. The van der Waals surface area contributed by atoms with E-state index in [1.807, 2.05) is 6.92 Å². The molecule has 27 heavy (non-hydrogen) atoms. The topological polar surface area (TPSA) is 74.5 Å². The summed E-state index contributed by atoms with van der Waals surface area (Å²) < 4.78 is 28.2. The van der Waals surface area contributed by atoms with Crippen molar-refractivity contribution < 1.29 is 13.9 Å². The summed E-state index contributed by atoms with van der Waals surface area (Å²) in [5.41, 5.74) is -0.0512. The van der Waals surface area contributed by atoms with E-state index in [2.05, 4.69) is 20.7 Å². The predicted octanol–water partition coefficient (Wildman–Crippen LogP) is 2.32. The Kier molecular flexibility index (Phi) is 9.10. The van der Waals surface area contributed by atoms with Gasteiger partial charge in [-0.2, -0.15) is 5.10 Å². The van der Waals surface area contributed by atoms with Crippen LogP contribution >= 0.6 is 24.0 Å². The van der Waals surface area contributed by atoms with Crippen molar-refractivity contribution in [2.45, 2.75) is 25.9 Å². The number of aliphatic hydroxyl groups is 1. The maximum atomic E-state index is 13.7.